The molecule has 0 N–H and O–H groups in total. The maximum Gasteiger partial charge on any atom is 0.338 e. The van der Waals surface area contributed by atoms with Crippen LogP contribution in [0.15, 0.2) is 59.0 Å². The lowest BCUT2D eigenvalue weighted by atomic mass is 10.1. The van der Waals surface area contributed by atoms with E-state index in [0.717, 1.165) is 22.2 Å². The molecule has 0 fully saturated rings. The van der Waals surface area contributed by atoms with Crippen molar-refractivity contribution in [1.82, 2.24) is 4.98 Å². The Morgan fingerprint density at radius 1 is 1.18 bits per heavy atom. The van der Waals surface area contributed by atoms with Crippen LogP contribution < -0.4 is 4.74 Å². The molecule has 4 nitrogen and oxygen atoms in total. The summed E-state index contributed by atoms with van der Waals surface area (Å²) in [4.78, 5) is 16.2. The van der Waals surface area contributed by atoms with Crippen LogP contribution in [0.25, 0.3) is 22.6 Å². The second-order valence-electron chi connectivity index (χ2n) is 5.09. The maximum absolute atomic E-state index is 11.7. The largest absolute Gasteiger partial charge is 0.436 e. The van der Waals surface area contributed by atoms with Crippen molar-refractivity contribution in [2.24, 2.45) is 0 Å². The summed E-state index contributed by atoms with van der Waals surface area (Å²) in [6.07, 6.45) is 0. The first-order valence-corrected chi connectivity index (χ1v) is 6.89. The van der Waals surface area contributed by atoms with Gasteiger partial charge in [-0.25, -0.2) is 9.78 Å². The fraction of sp³-hybridized carbons (Fsp3) is 0.111. The van der Waals surface area contributed by atoms with Gasteiger partial charge in [0.25, 0.3) is 0 Å². The molecule has 22 heavy (non-hydrogen) atoms. The minimum absolute atomic E-state index is 0.353. The zero-order chi connectivity index (χ0) is 15.7. The lowest BCUT2D eigenvalue weighted by molar-refractivity contribution is -0.130. The number of aromatic nitrogens is 1. The van der Waals surface area contributed by atoms with E-state index in [4.69, 9.17) is 9.15 Å². The number of hydrogen-bond acceptors (Lipinski definition) is 4. The van der Waals surface area contributed by atoms with E-state index >= 15 is 0 Å². The molecule has 0 amide bonds. The van der Waals surface area contributed by atoms with Crippen LogP contribution in [0.1, 0.15) is 12.5 Å². The monoisotopic (exact) mass is 293 g/mol. The quantitative estimate of drug-likeness (QED) is 0.411. The average Bonchev–Trinajstić information content (AvgIpc) is 2.92. The summed E-state index contributed by atoms with van der Waals surface area (Å²) in [7, 11) is 0. The first kappa shape index (κ1) is 14.1. The van der Waals surface area contributed by atoms with Gasteiger partial charge in [0.15, 0.2) is 5.58 Å². The molecule has 4 heteroatoms. The third-order valence-electron chi connectivity index (χ3n) is 3.36. The van der Waals surface area contributed by atoms with E-state index in [1.54, 1.807) is 19.1 Å². The molecule has 3 aromatic rings. The molecule has 0 aliphatic heterocycles. The van der Waals surface area contributed by atoms with E-state index in [2.05, 4.69) is 11.6 Å². The third kappa shape index (κ3) is 2.51. The molecule has 3 rings (SSSR count). The molecule has 1 aromatic heterocycles. The fourth-order valence-electron chi connectivity index (χ4n) is 2.13. The highest BCUT2D eigenvalue weighted by Crippen LogP contribution is 2.31. The number of hydrogen-bond donors (Lipinski definition) is 0. The van der Waals surface area contributed by atoms with Gasteiger partial charge in [0.05, 0.1) is 0 Å². The smallest absolute Gasteiger partial charge is 0.338 e. The maximum atomic E-state index is 11.7. The summed E-state index contributed by atoms with van der Waals surface area (Å²) >= 11 is 0. The summed E-state index contributed by atoms with van der Waals surface area (Å²) in [5.41, 5.74) is 3.46. The van der Waals surface area contributed by atoms with Gasteiger partial charge >= 0.3 is 5.97 Å². The first-order valence-electron chi connectivity index (χ1n) is 6.89. The minimum Gasteiger partial charge on any atom is -0.436 e. The Balaban J connectivity index is 2.04. The normalized spacial score (nSPS) is 10.6. The van der Waals surface area contributed by atoms with Gasteiger partial charge in [0, 0.05) is 16.7 Å². The van der Waals surface area contributed by atoms with E-state index in [9.17, 15) is 4.79 Å². The van der Waals surface area contributed by atoms with Gasteiger partial charge in [-0.1, -0.05) is 24.8 Å². The van der Waals surface area contributed by atoms with Crippen molar-refractivity contribution in [2.45, 2.75) is 13.8 Å². The SMILES string of the molecule is C=C(C)C(=O)Oc1cccc(-c2nc3ccccc3o2)c1C. The van der Waals surface area contributed by atoms with Gasteiger partial charge in [-0.3, -0.25) is 0 Å². The van der Waals surface area contributed by atoms with E-state index in [1.807, 2.05) is 37.3 Å². The van der Waals surface area contributed by atoms with Gasteiger partial charge in [0.1, 0.15) is 11.3 Å². The molecular formula is C18H15NO3. The van der Waals surface area contributed by atoms with Crippen LogP contribution in [0, 0.1) is 6.92 Å². The van der Waals surface area contributed by atoms with E-state index in [0.29, 0.717) is 17.2 Å². The van der Waals surface area contributed by atoms with Crippen LogP contribution in [0.4, 0.5) is 0 Å². The van der Waals surface area contributed by atoms with Crippen LogP contribution in [0.2, 0.25) is 0 Å². The lowest BCUT2D eigenvalue weighted by Crippen LogP contribution is -2.09. The van der Waals surface area contributed by atoms with Crippen molar-refractivity contribution in [1.29, 1.82) is 0 Å². The number of carbonyl (C=O) groups is 1. The van der Waals surface area contributed by atoms with Gasteiger partial charge in [-0.15, -0.1) is 0 Å². The number of ether oxygens (including phenoxy) is 1. The van der Waals surface area contributed by atoms with Crippen LogP contribution in [0.5, 0.6) is 5.75 Å². The molecule has 0 saturated carbocycles. The fourth-order valence-corrected chi connectivity index (χ4v) is 2.13. The number of fused-ring (bicyclic) bond motifs is 1. The first-order chi connectivity index (χ1) is 10.6. The highest BCUT2D eigenvalue weighted by atomic mass is 16.5. The van der Waals surface area contributed by atoms with Crippen molar-refractivity contribution < 1.29 is 13.9 Å². The summed E-state index contributed by atoms with van der Waals surface area (Å²) in [5, 5.41) is 0. The van der Waals surface area contributed by atoms with Crippen LogP contribution in [-0.4, -0.2) is 11.0 Å². The predicted molar refractivity (Wildman–Crippen MR) is 84.6 cm³/mol. The Morgan fingerprint density at radius 3 is 2.68 bits per heavy atom. The Labute approximate surface area is 128 Å². The molecule has 0 aliphatic rings. The second kappa shape index (κ2) is 5.48. The highest BCUT2D eigenvalue weighted by molar-refractivity contribution is 5.89. The molecule has 0 bridgehead atoms. The number of rotatable bonds is 3. The van der Waals surface area contributed by atoms with Gasteiger partial charge in [0.2, 0.25) is 5.89 Å². The van der Waals surface area contributed by atoms with Crippen LogP contribution >= 0.6 is 0 Å². The number of esters is 1. The van der Waals surface area contributed by atoms with Gasteiger partial charge < -0.3 is 9.15 Å². The van der Waals surface area contributed by atoms with Crippen molar-refractivity contribution in [3.63, 3.8) is 0 Å². The molecule has 1 heterocycles. The molecule has 110 valence electrons. The molecule has 0 aliphatic carbocycles. The minimum atomic E-state index is -0.446. The zero-order valence-electron chi connectivity index (χ0n) is 12.4. The number of carbonyl (C=O) groups excluding carboxylic acids is 1. The van der Waals surface area contributed by atoms with Crippen molar-refractivity contribution >= 4 is 17.1 Å². The van der Waals surface area contributed by atoms with Gasteiger partial charge in [-0.05, 0) is 38.1 Å². The standard InChI is InChI=1S/C18H15NO3/c1-11(2)18(20)22-15-10-6-7-13(12(15)3)17-19-14-8-4-5-9-16(14)21-17/h4-10H,1H2,2-3H3. The molecule has 0 saturated heterocycles. The molecular weight excluding hydrogens is 278 g/mol. The number of oxazole rings is 1. The van der Waals surface area contributed by atoms with E-state index in [1.165, 1.54) is 0 Å². The molecule has 0 unspecified atom stereocenters. The van der Waals surface area contributed by atoms with E-state index in [-0.39, 0.29) is 0 Å². The third-order valence-corrected chi connectivity index (χ3v) is 3.36. The summed E-state index contributed by atoms with van der Waals surface area (Å²) in [6, 6.07) is 13.0. The Hall–Kier alpha value is -2.88. The molecule has 2 aromatic carbocycles. The average molecular weight is 293 g/mol. The van der Waals surface area contributed by atoms with Crippen LogP contribution in [-0.2, 0) is 4.79 Å². The summed E-state index contributed by atoms with van der Waals surface area (Å²) in [5.74, 6) is 0.539. The van der Waals surface area contributed by atoms with Crippen molar-refractivity contribution in [3.8, 4) is 17.2 Å². The zero-order valence-corrected chi connectivity index (χ0v) is 12.4. The van der Waals surface area contributed by atoms with Crippen molar-refractivity contribution in [3.05, 3.63) is 60.2 Å². The topological polar surface area (TPSA) is 52.3 Å². The van der Waals surface area contributed by atoms with Gasteiger partial charge in [-0.2, -0.15) is 0 Å². The van der Waals surface area contributed by atoms with Crippen molar-refractivity contribution in [2.75, 3.05) is 0 Å². The summed E-state index contributed by atoms with van der Waals surface area (Å²) < 4.78 is 11.1. The number of nitrogens with zero attached hydrogens (tertiary/aromatic N) is 1. The summed E-state index contributed by atoms with van der Waals surface area (Å²) in [6.45, 7) is 7.06. The predicted octanol–water partition coefficient (Wildman–Crippen LogP) is 4.28. The highest BCUT2D eigenvalue weighted by Gasteiger charge is 2.15. The Morgan fingerprint density at radius 2 is 1.95 bits per heavy atom. The van der Waals surface area contributed by atoms with Crippen LogP contribution in [0.3, 0.4) is 0 Å². The van der Waals surface area contributed by atoms with E-state index < -0.39 is 5.97 Å². The Kier molecular flexibility index (Phi) is 3.51. The molecule has 0 radical (unpaired) electrons. The number of benzene rings is 2. The Bertz CT molecular complexity index is 844. The molecule has 0 atom stereocenters. The lowest BCUT2D eigenvalue weighted by Gasteiger charge is -2.09. The molecule has 0 spiro atoms. The number of para-hydroxylation sites is 2. The second-order valence-corrected chi connectivity index (χ2v) is 5.09.